The van der Waals surface area contributed by atoms with Crippen molar-refractivity contribution in [1.29, 1.82) is 0 Å². The lowest BCUT2D eigenvalue weighted by atomic mass is 9.95. The van der Waals surface area contributed by atoms with Gasteiger partial charge in [0.2, 0.25) is 0 Å². The molecule has 278 valence electrons. The minimum Gasteiger partial charge on any atom is -0.490 e. The number of hydrogen-bond donors (Lipinski definition) is 0. The summed E-state index contributed by atoms with van der Waals surface area (Å²) < 4.78 is 35.9. The van der Waals surface area contributed by atoms with Gasteiger partial charge >= 0.3 is 11.9 Å². The van der Waals surface area contributed by atoms with E-state index in [2.05, 4.69) is 6.58 Å². The van der Waals surface area contributed by atoms with Gasteiger partial charge < -0.3 is 28.4 Å². The topological polar surface area (TPSA) is 124 Å². The third kappa shape index (κ3) is 9.01. The molecule has 1 aromatic heterocycles. The van der Waals surface area contributed by atoms with Gasteiger partial charge in [-0.1, -0.05) is 47.2 Å². The molecule has 0 fully saturated rings. The van der Waals surface area contributed by atoms with Crippen LogP contribution in [0.1, 0.15) is 56.0 Å². The average molecular weight is 761 g/mol. The molecule has 0 saturated carbocycles. The summed E-state index contributed by atoms with van der Waals surface area (Å²) in [5, 5.41) is 0.638. The SMILES string of the molecule is C=CCc1cc(/C=c2\sc3n(c2=O)[C@H](c2ccc(OCC(=O)OC)c(OCC)c2)C(C(=O)OCC)=C(C)N=3)cc(OCC)c1OCc1ccc(Cl)cc1. The second-order valence-corrected chi connectivity index (χ2v) is 13.1. The number of carbonyl (C=O) groups is 2. The largest absolute Gasteiger partial charge is 0.490 e. The van der Waals surface area contributed by atoms with Crippen molar-refractivity contribution < 1.29 is 38.0 Å². The molecule has 0 N–H and O–H groups in total. The maximum Gasteiger partial charge on any atom is 0.343 e. The number of benzene rings is 3. The number of rotatable bonds is 16. The molecule has 2 heterocycles. The number of ether oxygens (including phenoxy) is 6. The van der Waals surface area contributed by atoms with Crippen LogP contribution < -0.4 is 33.8 Å². The number of halogens is 1. The number of fused-ring (bicyclic) bond motifs is 1. The number of allylic oxidation sites excluding steroid dienone is 2. The second-order valence-electron chi connectivity index (χ2n) is 11.7. The Bertz CT molecular complexity index is 2210. The smallest absolute Gasteiger partial charge is 0.343 e. The predicted molar refractivity (Wildman–Crippen MR) is 203 cm³/mol. The summed E-state index contributed by atoms with van der Waals surface area (Å²) in [6.45, 7) is 11.8. The quantitative estimate of drug-likeness (QED) is 0.0984. The van der Waals surface area contributed by atoms with Crippen LogP contribution in [0.4, 0.5) is 0 Å². The van der Waals surface area contributed by atoms with Crippen LogP contribution in [0, 0.1) is 0 Å². The lowest BCUT2D eigenvalue weighted by Crippen LogP contribution is -2.40. The van der Waals surface area contributed by atoms with Crippen LogP contribution >= 0.6 is 22.9 Å². The van der Waals surface area contributed by atoms with Gasteiger partial charge in [-0.3, -0.25) is 9.36 Å². The van der Waals surface area contributed by atoms with Crippen LogP contribution in [0.3, 0.4) is 0 Å². The Kier molecular flexibility index (Phi) is 13.2. The number of thiazole rings is 1. The first-order chi connectivity index (χ1) is 25.6. The van der Waals surface area contributed by atoms with Crippen molar-refractivity contribution in [2.24, 2.45) is 4.99 Å². The highest BCUT2D eigenvalue weighted by molar-refractivity contribution is 7.07. The van der Waals surface area contributed by atoms with Crippen LogP contribution in [0.5, 0.6) is 23.0 Å². The standard InChI is InChI=1S/C40H41ClN2O9S/c1-7-11-28-18-26(19-32(49-9-3)37(28)52-22-25-12-15-29(41)16-13-25)20-33-38(45)43-36(35(39(46)50-10-4)24(5)42-40(43)53-33)27-14-17-30(31(21-27)48-8-2)51-23-34(44)47-6/h7,12-21,36H,1,8-11,22-23H2,2-6H3/b33-20-/t36-/m1/s1. The molecular weight excluding hydrogens is 720 g/mol. The van der Waals surface area contributed by atoms with Gasteiger partial charge in [-0.15, -0.1) is 6.58 Å². The fourth-order valence-electron chi connectivity index (χ4n) is 5.77. The number of aromatic nitrogens is 1. The third-order valence-corrected chi connectivity index (χ3v) is 9.32. The third-order valence-electron chi connectivity index (χ3n) is 8.09. The lowest BCUT2D eigenvalue weighted by Gasteiger charge is -2.25. The summed E-state index contributed by atoms with van der Waals surface area (Å²) in [6, 6.07) is 15.3. The van der Waals surface area contributed by atoms with E-state index in [-0.39, 0.29) is 24.3 Å². The Morgan fingerprint density at radius 2 is 1.68 bits per heavy atom. The summed E-state index contributed by atoms with van der Waals surface area (Å²) in [5.41, 5.74) is 3.30. The monoisotopic (exact) mass is 760 g/mol. The maximum absolute atomic E-state index is 14.4. The van der Waals surface area contributed by atoms with Crippen molar-refractivity contribution in [3.8, 4) is 23.0 Å². The Balaban J connectivity index is 1.63. The van der Waals surface area contributed by atoms with E-state index in [0.29, 0.717) is 80.4 Å². The number of methoxy groups -OCH3 is 1. The molecule has 0 aliphatic carbocycles. The molecule has 1 aliphatic heterocycles. The highest BCUT2D eigenvalue weighted by atomic mass is 35.5. The van der Waals surface area contributed by atoms with Crippen molar-refractivity contribution in [2.75, 3.05) is 33.5 Å². The molecule has 4 aromatic rings. The van der Waals surface area contributed by atoms with Gasteiger partial charge in [0.25, 0.3) is 5.56 Å². The molecule has 0 saturated heterocycles. The van der Waals surface area contributed by atoms with Crippen LogP contribution in [0.25, 0.3) is 6.08 Å². The number of nitrogens with zero attached hydrogens (tertiary/aromatic N) is 2. The molecule has 0 bridgehead atoms. The van der Waals surface area contributed by atoms with Crippen molar-refractivity contribution in [3.63, 3.8) is 0 Å². The van der Waals surface area contributed by atoms with Gasteiger partial charge in [0.05, 0.1) is 48.8 Å². The Morgan fingerprint density at radius 3 is 2.36 bits per heavy atom. The number of esters is 2. The molecule has 0 unspecified atom stereocenters. The average Bonchev–Trinajstić information content (AvgIpc) is 3.44. The first-order valence-electron chi connectivity index (χ1n) is 17.1. The van der Waals surface area contributed by atoms with E-state index in [1.165, 1.54) is 23.0 Å². The van der Waals surface area contributed by atoms with Crippen LogP contribution in [-0.2, 0) is 32.1 Å². The normalized spacial score (nSPS) is 13.8. The minimum absolute atomic E-state index is 0.131. The first-order valence-corrected chi connectivity index (χ1v) is 18.3. The molecule has 1 atom stereocenters. The van der Waals surface area contributed by atoms with Crippen LogP contribution in [0.2, 0.25) is 5.02 Å². The summed E-state index contributed by atoms with van der Waals surface area (Å²) in [7, 11) is 1.27. The van der Waals surface area contributed by atoms with Gasteiger partial charge in [0, 0.05) is 10.6 Å². The molecule has 0 spiro atoms. The van der Waals surface area contributed by atoms with Gasteiger partial charge in [0.1, 0.15) is 6.61 Å². The van der Waals surface area contributed by atoms with Gasteiger partial charge in [-0.05, 0) is 93.3 Å². The van der Waals surface area contributed by atoms with E-state index in [0.717, 1.165) is 11.1 Å². The van der Waals surface area contributed by atoms with Gasteiger partial charge in [0.15, 0.2) is 34.4 Å². The van der Waals surface area contributed by atoms with E-state index in [9.17, 15) is 14.4 Å². The fourth-order valence-corrected chi connectivity index (χ4v) is 6.95. The fraction of sp³-hybridized carbons (Fsp3) is 0.300. The molecule has 13 heteroatoms. The van der Waals surface area contributed by atoms with Crippen molar-refractivity contribution in [1.82, 2.24) is 4.57 Å². The van der Waals surface area contributed by atoms with Crippen LogP contribution in [-0.4, -0.2) is 50.0 Å². The zero-order chi connectivity index (χ0) is 38.1. The molecule has 53 heavy (non-hydrogen) atoms. The number of carbonyl (C=O) groups excluding carboxylic acids is 2. The van der Waals surface area contributed by atoms with E-state index in [4.69, 9.17) is 45.0 Å². The molecule has 0 radical (unpaired) electrons. The van der Waals surface area contributed by atoms with Gasteiger partial charge in [-0.2, -0.15) is 0 Å². The molecule has 11 nitrogen and oxygen atoms in total. The highest BCUT2D eigenvalue weighted by Gasteiger charge is 2.34. The van der Waals surface area contributed by atoms with Gasteiger partial charge in [-0.25, -0.2) is 14.6 Å². The summed E-state index contributed by atoms with van der Waals surface area (Å²) >= 11 is 7.27. The minimum atomic E-state index is -0.903. The van der Waals surface area contributed by atoms with E-state index in [1.807, 2.05) is 50.2 Å². The Morgan fingerprint density at radius 1 is 0.943 bits per heavy atom. The maximum atomic E-state index is 14.4. The Labute approximate surface area is 316 Å². The van der Waals surface area contributed by atoms with E-state index in [1.54, 1.807) is 44.2 Å². The lowest BCUT2D eigenvalue weighted by molar-refractivity contribution is -0.143. The first kappa shape index (κ1) is 38.9. The summed E-state index contributed by atoms with van der Waals surface area (Å²) in [6.07, 6.45) is 4.04. The zero-order valence-corrected chi connectivity index (χ0v) is 31.8. The highest BCUT2D eigenvalue weighted by Crippen LogP contribution is 2.37. The predicted octanol–water partition coefficient (Wildman–Crippen LogP) is 6.11. The summed E-state index contributed by atoms with van der Waals surface area (Å²) in [4.78, 5) is 44.8. The molecule has 0 amide bonds. The van der Waals surface area contributed by atoms with E-state index >= 15 is 0 Å². The Hall–Kier alpha value is -5.33. The van der Waals surface area contributed by atoms with Crippen LogP contribution in [0.15, 0.2) is 88.3 Å². The molecule has 3 aromatic carbocycles. The van der Waals surface area contributed by atoms with E-state index < -0.39 is 18.0 Å². The van der Waals surface area contributed by atoms with Crippen molar-refractivity contribution in [3.05, 3.63) is 125 Å². The zero-order valence-electron chi connectivity index (χ0n) is 30.2. The van der Waals surface area contributed by atoms with Crippen molar-refractivity contribution >= 4 is 41.0 Å². The molecule has 1 aliphatic rings. The summed E-state index contributed by atoms with van der Waals surface area (Å²) in [5.74, 6) is 0.576. The second kappa shape index (κ2) is 17.9. The molecular formula is C40H41ClN2O9S. The number of hydrogen-bond acceptors (Lipinski definition) is 11. The van der Waals surface area contributed by atoms with Crippen molar-refractivity contribution in [2.45, 2.75) is 46.8 Å². The molecule has 5 rings (SSSR count).